The highest BCUT2D eigenvalue weighted by Gasteiger charge is 2.33. The normalized spacial score (nSPS) is 17.6. The number of nitrogens with zero attached hydrogens (tertiary/aromatic N) is 4. The van der Waals surface area contributed by atoms with E-state index in [1.54, 1.807) is 16.4 Å². The summed E-state index contributed by atoms with van der Waals surface area (Å²) in [5.41, 5.74) is 1.31. The predicted octanol–water partition coefficient (Wildman–Crippen LogP) is 4.82. The Kier molecular flexibility index (Phi) is 8.55. The van der Waals surface area contributed by atoms with Gasteiger partial charge in [0.05, 0.1) is 4.91 Å². The minimum Gasteiger partial charge on any atom is -0.357 e. The molecule has 0 bridgehead atoms. The third-order valence-electron chi connectivity index (χ3n) is 6.20. The van der Waals surface area contributed by atoms with Gasteiger partial charge in [0, 0.05) is 31.7 Å². The first kappa shape index (κ1) is 24.5. The number of hydrogen-bond donors (Lipinski definition) is 0. The number of pyridine rings is 1. The zero-order valence-corrected chi connectivity index (χ0v) is 20.9. The molecule has 8 heteroatoms. The molecule has 3 rings (SSSR count). The Morgan fingerprint density at radius 2 is 1.81 bits per heavy atom. The van der Waals surface area contributed by atoms with E-state index >= 15 is 0 Å². The summed E-state index contributed by atoms with van der Waals surface area (Å²) in [5.74, 6) is 0.742. The Labute approximate surface area is 200 Å². The van der Waals surface area contributed by atoms with Gasteiger partial charge in [-0.1, -0.05) is 56.6 Å². The molecule has 2 saturated heterocycles. The van der Waals surface area contributed by atoms with Crippen LogP contribution in [0.25, 0.3) is 6.08 Å². The standard InChI is InChI=1S/C24H32N4O2S2/c1-4-6-7-8-9-14-28-23(30)20(32-24(28)31)15-18-17(3)19(16-25)22(29)27(5-2)21(18)26-12-10-11-13-26/h15H,4-14H2,1-3H3/b20-15-. The number of thioether (sulfide) groups is 1. The quantitative estimate of drug-likeness (QED) is 0.292. The molecule has 172 valence electrons. The number of rotatable bonds is 9. The second-order valence-corrected chi connectivity index (χ2v) is 10.0. The fourth-order valence-electron chi connectivity index (χ4n) is 4.40. The van der Waals surface area contributed by atoms with E-state index in [4.69, 9.17) is 12.2 Å². The van der Waals surface area contributed by atoms with Crippen molar-refractivity contribution >= 4 is 46.1 Å². The SMILES string of the molecule is CCCCCCCN1C(=O)/C(=C/c2c(C)c(C#N)c(=O)n(CC)c2N2CCCC2)SC1=S. The molecule has 0 radical (unpaired) electrons. The average Bonchev–Trinajstić information content (AvgIpc) is 3.39. The zero-order valence-electron chi connectivity index (χ0n) is 19.3. The molecule has 0 unspecified atom stereocenters. The Morgan fingerprint density at radius 1 is 1.12 bits per heavy atom. The largest absolute Gasteiger partial charge is 0.357 e. The van der Waals surface area contributed by atoms with E-state index in [1.165, 1.54) is 31.0 Å². The molecule has 2 fully saturated rings. The van der Waals surface area contributed by atoms with E-state index in [0.717, 1.165) is 50.2 Å². The van der Waals surface area contributed by atoms with Crippen molar-refractivity contribution in [3.63, 3.8) is 0 Å². The van der Waals surface area contributed by atoms with Gasteiger partial charge in [0.2, 0.25) is 0 Å². The van der Waals surface area contributed by atoms with Gasteiger partial charge in [-0.05, 0) is 44.7 Å². The van der Waals surface area contributed by atoms with Crippen LogP contribution in [-0.2, 0) is 11.3 Å². The summed E-state index contributed by atoms with van der Waals surface area (Å²) in [6.07, 6.45) is 9.60. The summed E-state index contributed by atoms with van der Waals surface area (Å²) < 4.78 is 2.26. The highest BCUT2D eigenvalue weighted by molar-refractivity contribution is 8.26. The maximum atomic E-state index is 13.2. The molecule has 1 aromatic heterocycles. The number of aromatic nitrogens is 1. The molecule has 1 aromatic rings. The average molecular weight is 473 g/mol. The van der Waals surface area contributed by atoms with Crippen molar-refractivity contribution in [2.24, 2.45) is 0 Å². The van der Waals surface area contributed by atoms with Gasteiger partial charge < -0.3 is 4.90 Å². The van der Waals surface area contributed by atoms with Gasteiger partial charge in [0.25, 0.3) is 11.5 Å². The summed E-state index contributed by atoms with van der Waals surface area (Å²) in [7, 11) is 0. The van der Waals surface area contributed by atoms with E-state index < -0.39 is 0 Å². The number of carbonyl (C=O) groups is 1. The van der Waals surface area contributed by atoms with Crippen LogP contribution in [0.15, 0.2) is 9.70 Å². The van der Waals surface area contributed by atoms with E-state index in [2.05, 4.69) is 17.9 Å². The maximum Gasteiger partial charge on any atom is 0.270 e. The lowest BCUT2D eigenvalue weighted by molar-refractivity contribution is -0.122. The summed E-state index contributed by atoms with van der Waals surface area (Å²) in [5, 5.41) is 9.66. The van der Waals surface area contributed by atoms with Gasteiger partial charge in [-0.15, -0.1) is 0 Å². The number of thiocarbonyl (C=S) groups is 1. The van der Waals surface area contributed by atoms with Gasteiger partial charge >= 0.3 is 0 Å². The zero-order chi connectivity index (χ0) is 23.3. The topological polar surface area (TPSA) is 69.3 Å². The number of nitriles is 1. The van der Waals surface area contributed by atoms with Crippen molar-refractivity contribution in [3.8, 4) is 6.07 Å². The van der Waals surface area contributed by atoms with E-state index in [0.29, 0.717) is 27.9 Å². The molecule has 2 aliphatic heterocycles. The first-order valence-corrected chi connectivity index (χ1v) is 12.8. The molecule has 0 aromatic carbocycles. The number of unbranched alkanes of at least 4 members (excludes halogenated alkanes) is 4. The van der Waals surface area contributed by atoms with Crippen molar-refractivity contribution in [2.45, 2.75) is 72.3 Å². The number of hydrogen-bond acceptors (Lipinski definition) is 6. The van der Waals surface area contributed by atoms with E-state index in [1.807, 2.05) is 13.0 Å². The summed E-state index contributed by atoms with van der Waals surface area (Å²) >= 11 is 6.83. The lowest BCUT2D eigenvalue weighted by Crippen LogP contribution is -2.33. The van der Waals surface area contributed by atoms with Crippen LogP contribution in [0, 0.1) is 18.3 Å². The fraction of sp³-hybridized carbons (Fsp3) is 0.583. The Hall–Kier alpha value is -2.11. The minimum atomic E-state index is -0.258. The van der Waals surface area contributed by atoms with Crippen LogP contribution < -0.4 is 10.5 Å². The minimum absolute atomic E-state index is 0.0741. The molecule has 0 spiro atoms. The molecule has 0 saturated carbocycles. The molecule has 0 atom stereocenters. The molecule has 2 aliphatic rings. The molecule has 32 heavy (non-hydrogen) atoms. The smallest absolute Gasteiger partial charge is 0.270 e. The predicted molar refractivity (Wildman–Crippen MR) is 136 cm³/mol. The van der Waals surface area contributed by atoms with Crippen molar-refractivity contribution in [1.82, 2.24) is 9.47 Å². The molecule has 3 heterocycles. The Bertz CT molecular complexity index is 1020. The summed E-state index contributed by atoms with van der Waals surface area (Å²) in [4.78, 5) is 30.6. The first-order valence-electron chi connectivity index (χ1n) is 11.6. The molecule has 0 aliphatic carbocycles. The van der Waals surface area contributed by atoms with Crippen molar-refractivity contribution in [2.75, 3.05) is 24.5 Å². The summed E-state index contributed by atoms with van der Waals surface area (Å²) in [6, 6.07) is 2.09. The van der Waals surface area contributed by atoms with E-state index in [9.17, 15) is 14.9 Å². The molecule has 0 N–H and O–H groups in total. The van der Waals surface area contributed by atoms with Crippen LogP contribution in [0.5, 0.6) is 0 Å². The van der Waals surface area contributed by atoms with Crippen molar-refractivity contribution < 1.29 is 4.79 Å². The van der Waals surface area contributed by atoms with Gasteiger partial charge in [-0.2, -0.15) is 5.26 Å². The molecular weight excluding hydrogens is 440 g/mol. The van der Waals surface area contributed by atoms with Crippen molar-refractivity contribution in [3.05, 3.63) is 31.9 Å². The summed E-state index contributed by atoms with van der Waals surface area (Å²) in [6.45, 7) is 8.75. The van der Waals surface area contributed by atoms with Gasteiger partial charge in [-0.25, -0.2) is 0 Å². The maximum absolute atomic E-state index is 13.2. The Balaban J connectivity index is 1.98. The van der Waals surface area contributed by atoms with Gasteiger partial charge in [0.1, 0.15) is 21.8 Å². The third kappa shape index (κ3) is 4.94. The van der Waals surface area contributed by atoms with Crippen LogP contribution in [0.3, 0.4) is 0 Å². The highest BCUT2D eigenvalue weighted by atomic mass is 32.2. The van der Waals surface area contributed by atoms with Gasteiger partial charge in [-0.3, -0.25) is 19.1 Å². The lowest BCUT2D eigenvalue weighted by atomic mass is 10.0. The number of carbonyl (C=O) groups excluding carboxylic acids is 1. The first-order chi connectivity index (χ1) is 15.4. The second kappa shape index (κ2) is 11.2. The molecule has 1 amide bonds. The van der Waals surface area contributed by atoms with Crippen LogP contribution in [0.4, 0.5) is 5.82 Å². The van der Waals surface area contributed by atoms with Crippen LogP contribution in [0.1, 0.15) is 75.5 Å². The van der Waals surface area contributed by atoms with Crippen molar-refractivity contribution in [1.29, 1.82) is 5.26 Å². The Morgan fingerprint density at radius 3 is 2.44 bits per heavy atom. The highest BCUT2D eigenvalue weighted by Crippen LogP contribution is 2.36. The monoisotopic (exact) mass is 472 g/mol. The molecule has 6 nitrogen and oxygen atoms in total. The van der Waals surface area contributed by atoms with Crippen LogP contribution >= 0.6 is 24.0 Å². The number of anilines is 1. The van der Waals surface area contributed by atoms with Crippen LogP contribution in [0.2, 0.25) is 0 Å². The number of amides is 1. The fourth-order valence-corrected chi connectivity index (χ4v) is 5.69. The van der Waals surface area contributed by atoms with Gasteiger partial charge in [0.15, 0.2) is 0 Å². The van der Waals surface area contributed by atoms with Crippen LogP contribution in [-0.4, -0.2) is 39.3 Å². The lowest BCUT2D eigenvalue weighted by Gasteiger charge is -2.26. The third-order valence-corrected chi connectivity index (χ3v) is 7.58. The second-order valence-electron chi connectivity index (χ2n) is 8.34. The molecular formula is C24H32N4O2S2. The van der Waals surface area contributed by atoms with E-state index in [-0.39, 0.29) is 17.0 Å².